The van der Waals surface area contributed by atoms with E-state index in [9.17, 15) is 5.11 Å². The number of nitrogens with one attached hydrogen (secondary N) is 1. The zero-order chi connectivity index (χ0) is 21.4. The second kappa shape index (κ2) is 7.92. The molecule has 0 amide bonds. The average Bonchev–Trinajstić information content (AvgIpc) is 3.28. The molecule has 156 valence electrons. The first-order chi connectivity index (χ1) is 15.1. The van der Waals surface area contributed by atoms with Gasteiger partial charge in [-0.2, -0.15) is 0 Å². The molecule has 8 heteroatoms. The highest BCUT2D eigenvalue weighted by Gasteiger charge is 2.32. The summed E-state index contributed by atoms with van der Waals surface area (Å²) in [6.07, 6.45) is 7.95. The van der Waals surface area contributed by atoms with Crippen LogP contribution in [-0.4, -0.2) is 24.2 Å². The third-order valence-electron chi connectivity index (χ3n) is 5.47. The van der Waals surface area contributed by atoms with Crippen molar-refractivity contribution in [1.82, 2.24) is 19.1 Å². The number of aryl methyl sites for hydroxylation is 2. The van der Waals surface area contributed by atoms with E-state index in [0.29, 0.717) is 34.2 Å². The molecule has 2 N–H and O–H groups in total. The highest BCUT2D eigenvalue weighted by atomic mass is 35.5. The molecule has 1 atom stereocenters. The maximum absolute atomic E-state index is 9.94. The molecule has 4 aromatic rings. The van der Waals surface area contributed by atoms with E-state index in [4.69, 9.17) is 21.7 Å². The van der Waals surface area contributed by atoms with Crippen LogP contribution in [0.25, 0.3) is 0 Å². The van der Waals surface area contributed by atoms with E-state index in [1.807, 2.05) is 45.7 Å². The largest absolute Gasteiger partial charge is 0.508 e. The molecule has 1 aliphatic heterocycles. The van der Waals surface area contributed by atoms with Crippen molar-refractivity contribution in [2.75, 3.05) is 0 Å². The number of hydrogen-bond acceptors (Lipinski definition) is 5. The number of phenols is 1. The van der Waals surface area contributed by atoms with E-state index in [2.05, 4.69) is 9.97 Å². The fourth-order valence-electron chi connectivity index (χ4n) is 3.97. The lowest BCUT2D eigenvalue weighted by molar-refractivity contribution is 0.411. The Balaban J connectivity index is 1.56. The number of rotatable bonds is 5. The van der Waals surface area contributed by atoms with E-state index < -0.39 is 0 Å². The van der Waals surface area contributed by atoms with Crippen LogP contribution in [0.2, 0.25) is 5.02 Å². The van der Waals surface area contributed by atoms with Gasteiger partial charge in [-0.3, -0.25) is 5.41 Å². The first kappa shape index (κ1) is 19.4. The summed E-state index contributed by atoms with van der Waals surface area (Å²) in [6.45, 7) is 1.45. The molecule has 0 radical (unpaired) electrons. The van der Waals surface area contributed by atoms with Crippen LogP contribution in [0, 0.1) is 5.41 Å². The van der Waals surface area contributed by atoms with Gasteiger partial charge < -0.3 is 19.0 Å². The molecule has 0 bridgehead atoms. The highest BCUT2D eigenvalue weighted by molar-refractivity contribution is 6.30. The van der Waals surface area contributed by atoms with E-state index in [1.165, 1.54) is 0 Å². The second-order valence-corrected chi connectivity index (χ2v) is 7.90. The SMILES string of the molecule is N=c1c2c(ncn1CCCn1ccnc1)Oc1cc(O)ccc1C2c1ccc(Cl)cc1. The van der Waals surface area contributed by atoms with Gasteiger partial charge in [0, 0.05) is 48.1 Å². The van der Waals surface area contributed by atoms with Gasteiger partial charge in [0.2, 0.25) is 5.88 Å². The van der Waals surface area contributed by atoms with Crippen molar-refractivity contribution in [2.45, 2.75) is 25.4 Å². The number of phenolic OH excluding ortho intramolecular Hbond substituents is 1. The maximum atomic E-state index is 9.94. The summed E-state index contributed by atoms with van der Waals surface area (Å²) >= 11 is 6.11. The zero-order valence-electron chi connectivity index (χ0n) is 16.6. The molecule has 1 unspecified atom stereocenters. The molecule has 0 aliphatic carbocycles. The highest BCUT2D eigenvalue weighted by Crippen LogP contribution is 2.46. The van der Waals surface area contributed by atoms with Crippen LogP contribution in [-0.2, 0) is 13.1 Å². The number of nitrogens with zero attached hydrogens (tertiary/aromatic N) is 4. The fraction of sp³-hybridized carbons (Fsp3) is 0.174. The average molecular weight is 434 g/mol. The number of imidazole rings is 1. The van der Waals surface area contributed by atoms with Gasteiger partial charge in [-0.25, -0.2) is 9.97 Å². The van der Waals surface area contributed by atoms with Gasteiger partial charge in [0.05, 0.1) is 11.9 Å². The molecule has 2 aromatic carbocycles. The van der Waals surface area contributed by atoms with Crippen LogP contribution in [0.4, 0.5) is 0 Å². The van der Waals surface area contributed by atoms with E-state index in [1.54, 1.807) is 31.0 Å². The van der Waals surface area contributed by atoms with Gasteiger partial charge in [-0.05, 0) is 30.2 Å². The minimum absolute atomic E-state index is 0.119. The third kappa shape index (κ3) is 3.68. The predicted octanol–water partition coefficient (Wildman–Crippen LogP) is 4.29. The second-order valence-electron chi connectivity index (χ2n) is 7.47. The summed E-state index contributed by atoms with van der Waals surface area (Å²) in [5, 5.41) is 19.5. The van der Waals surface area contributed by atoms with Crippen molar-refractivity contribution in [3.63, 3.8) is 0 Å². The van der Waals surface area contributed by atoms with Crippen LogP contribution in [0.15, 0.2) is 67.5 Å². The molecule has 31 heavy (non-hydrogen) atoms. The van der Waals surface area contributed by atoms with Crippen molar-refractivity contribution in [3.8, 4) is 17.4 Å². The van der Waals surface area contributed by atoms with E-state index in [0.717, 1.165) is 24.1 Å². The van der Waals surface area contributed by atoms with Gasteiger partial charge in [-0.1, -0.05) is 29.8 Å². The molecule has 5 rings (SSSR count). The molecule has 7 nitrogen and oxygen atoms in total. The molecule has 0 fully saturated rings. The number of fused-ring (bicyclic) bond motifs is 2. The topological polar surface area (TPSA) is 89.0 Å². The molecular weight excluding hydrogens is 414 g/mol. The first-order valence-electron chi connectivity index (χ1n) is 9.96. The normalized spacial score (nSPS) is 14.5. The van der Waals surface area contributed by atoms with Gasteiger partial charge >= 0.3 is 0 Å². The summed E-state index contributed by atoms with van der Waals surface area (Å²) in [4.78, 5) is 8.57. The number of halogens is 1. The number of aromatic nitrogens is 4. The molecular formula is C23H20ClN5O2. The van der Waals surface area contributed by atoms with E-state index in [-0.39, 0.29) is 11.7 Å². The summed E-state index contributed by atoms with van der Waals surface area (Å²) in [5.41, 5.74) is 2.91. The smallest absolute Gasteiger partial charge is 0.228 e. The van der Waals surface area contributed by atoms with Crippen LogP contribution in [0.5, 0.6) is 17.4 Å². The van der Waals surface area contributed by atoms with Gasteiger partial charge in [-0.15, -0.1) is 0 Å². The Morgan fingerprint density at radius 2 is 1.94 bits per heavy atom. The quantitative estimate of drug-likeness (QED) is 0.432. The van der Waals surface area contributed by atoms with Gasteiger partial charge in [0.1, 0.15) is 23.3 Å². The zero-order valence-corrected chi connectivity index (χ0v) is 17.3. The van der Waals surface area contributed by atoms with Crippen LogP contribution in [0.1, 0.15) is 29.0 Å². The van der Waals surface area contributed by atoms with Crippen LogP contribution >= 0.6 is 11.6 Å². The van der Waals surface area contributed by atoms with Crippen molar-refractivity contribution >= 4 is 11.6 Å². The Labute approximate surface area is 183 Å². The van der Waals surface area contributed by atoms with Gasteiger partial charge in [0.15, 0.2) is 0 Å². The molecule has 0 saturated heterocycles. The molecule has 3 heterocycles. The Morgan fingerprint density at radius 1 is 1.10 bits per heavy atom. The molecule has 0 saturated carbocycles. The Morgan fingerprint density at radius 3 is 2.71 bits per heavy atom. The van der Waals surface area contributed by atoms with Crippen LogP contribution in [0.3, 0.4) is 0 Å². The lowest BCUT2D eigenvalue weighted by atomic mass is 9.84. The lowest BCUT2D eigenvalue weighted by Gasteiger charge is -2.28. The first-order valence-corrected chi connectivity index (χ1v) is 10.3. The Hall–Kier alpha value is -3.58. The van der Waals surface area contributed by atoms with Crippen molar-refractivity contribution < 1.29 is 9.84 Å². The molecule has 0 spiro atoms. The predicted molar refractivity (Wildman–Crippen MR) is 116 cm³/mol. The lowest BCUT2D eigenvalue weighted by Crippen LogP contribution is -2.30. The standard InChI is InChI=1S/C23H20ClN5O2/c24-16-4-2-15(3-5-16)20-18-7-6-17(30)12-19(18)31-23-21(20)22(25)29(14-27-23)10-1-9-28-11-8-26-13-28/h2-8,11-14,20,25,30H,1,9-10H2. The number of ether oxygens (including phenoxy) is 1. The van der Waals surface area contributed by atoms with E-state index >= 15 is 0 Å². The number of aromatic hydroxyl groups is 1. The number of hydrogen-bond donors (Lipinski definition) is 2. The summed E-state index contributed by atoms with van der Waals surface area (Å²) < 4.78 is 9.84. The Bertz CT molecular complexity index is 1280. The molecule has 1 aliphatic rings. The van der Waals surface area contributed by atoms with Crippen molar-refractivity contribution in [3.05, 3.63) is 94.7 Å². The number of benzene rings is 2. The Kier molecular flexibility index (Phi) is 4.95. The summed E-state index contributed by atoms with van der Waals surface area (Å²) in [5.74, 6) is 0.789. The summed E-state index contributed by atoms with van der Waals surface area (Å²) in [7, 11) is 0. The fourth-order valence-corrected chi connectivity index (χ4v) is 4.10. The van der Waals surface area contributed by atoms with Crippen molar-refractivity contribution in [2.24, 2.45) is 0 Å². The van der Waals surface area contributed by atoms with Crippen LogP contribution < -0.4 is 10.2 Å². The third-order valence-corrected chi connectivity index (χ3v) is 5.72. The van der Waals surface area contributed by atoms with Gasteiger partial charge in [0.25, 0.3) is 0 Å². The van der Waals surface area contributed by atoms with Crippen molar-refractivity contribution in [1.29, 1.82) is 5.41 Å². The molecule has 2 aromatic heterocycles. The minimum Gasteiger partial charge on any atom is -0.508 e. The maximum Gasteiger partial charge on any atom is 0.228 e. The summed E-state index contributed by atoms with van der Waals surface area (Å²) in [6, 6.07) is 12.6. The monoisotopic (exact) mass is 433 g/mol. The minimum atomic E-state index is -0.252.